The van der Waals surface area contributed by atoms with Crippen molar-refractivity contribution in [1.82, 2.24) is 0 Å². The number of halogens is 1. The van der Waals surface area contributed by atoms with E-state index in [1.165, 1.54) is 0 Å². The molecule has 0 aliphatic heterocycles. The molecule has 1 saturated carbocycles. The van der Waals surface area contributed by atoms with Crippen LogP contribution in [-0.2, 0) is 9.53 Å². The molecule has 0 aromatic heterocycles. The van der Waals surface area contributed by atoms with E-state index in [0.29, 0.717) is 19.3 Å². The maximum Gasteiger partial charge on any atom is 0.306 e. The Bertz CT molecular complexity index is 741. The van der Waals surface area contributed by atoms with Gasteiger partial charge in [-0.15, -0.1) is 11.6 Å². The van der Waals surface area contributed by atoms with E-state index < -0.39 is 6.10 Å². The van der Waals surface area contributed by atoms with E-state index in [1.807, 2.05) is 38.1 Å². The zero-order valence-corrected chi connectivity index (χ0v) is 20.5. The molecule has 178 valence electrons. The van der Waals surface area contributed by atoms with Crippen molar-refractivity contribution in [2.75, 3.05) is 0 Å². The first-order chi connectivity index (χ1) is 15.3. The standard InChI is InChI=1S/C27H39ClO4/c1-4-5-8-12-24(29)20-14-16-21(17-15-20)27-22(23(28)18-25(27)30)11-9-6-7-10-13-26(31)32-19(2)3/h6,9,14-17,19,22-23,25,27,30H,4-5,7-8,10-13,18H2,1-3H3/b9-6-/t22-,23+,25+,27+/m0/s1. The minimum absolute atomic E-state index is 0.0348. The molecule has 0 heterocycles. The lowest BCUT2D eigenvalue weighted by molar-refractivity contribution is -0.147. The van der Waals surface area contributed by atoms with Crippen LogP contribution in [0.15, 0.2) is 36.4 Å². The maximum absolute atomic E-state index is 12.3. The van der Waals surface area contributed by atoms with Gasteiger partial charge in [0.1, 0.15) is 0 Å². The highest BCUT2D eigenvalue weighted by atomic mass is 35.5. The van der Waals surface area contributed by atoms with E-state index in [4.69, 9.17) is 16.3 Å². The van der Waals surface area contributed by atoms with Crippen LogP contribution in [0.3, 0.4) is 0 Å². The third kappa shape index (κ3) is 8.37. The number of ketones is 1. The number of carbonyl (C=O) groups is 2. The van der Waals surface area contributed by atoms with Crippen LogP contribution in [0.4, 0.5) is 0 Å². The number of rotatable bonds is 13. The summed E-state index contributed by atoms with van der Waals surface area (Å²) in [4.78, 5) is 23.9. The molecule has 1 aromatic rings. The summed E-state index contributed by atoms with van der Waals surface area (Å²) >= 11 is 6.59. The average molecular weight is 463 g/mol. The first-order valence-corrected chi connectivity index (χ1v) is 12.6. The Morgan fingerprint density at radius 3 is 2.50 bits per heavy atom. The fourth-order valence-corrected chi connectivity index (χ4v) is 4.90. The van der Waals surface area contributed by atoms with Gasteiger partial charge in [-0.3, -0.25) is 9.59 Å². The van der Waals surface area contributed by atoms with Gasteiger partial charge in [0.25, 0.3) is 0 Å². The van der Waals surface area contributed by atoms with Crippen LogP contribution in [-0.4, -0.2) is 34.4 Å². The van der Waals surface area contributed by atoms with E-state index >= 15 is 0 Å². The van der Waals surface area contributed by atoms with Crippen LogP contribution < -0.4 is 0 Å². The molecule has 1 aliphatic rings. The number of ether oxygens (including phenoxy) is 1. The topological polar surface area (TPSA) is 63.6 Å². The summed E-state index contributed by atoms with van der Waals surface area (Å²) < 4.78 is 5.15. The van der Waals surface area contributed by atoms with Crippen LogP contribution >= 0.6 is 11.6 Å². The lowest BCUT2D eigenvalue weighted by atomic mass is 9.85. The normalized spacial score (nSPS) is 23.2. The molecule has 1 aliphatic carbocycles. The largest absolute Gasteiger partial charge is 0.463 e. The first kappa shape index (κ1) is 26.6. The summed E-state index contributed by atoms with van der Waals surface area (Å²) in [6.45, 7) is 5.84. The van der Waals surface area contributed by atoms with E-state index in [9.17, 15) is 14.7 Å². The fourth-order valence-electron chi connectivity index (χ4n) is 4.45. The van der Waals surface area contributed by atoms with Crippen LogP contribution in [0, 0.1) is 5.92 Å². The minimum atomic E-state index is -0.479. The van der Waals surface area contributed by atoms with Gasteiger partial charge < -0.3 is 9.84 Å². The van der Waals surface area contributed by atoms with Crippen LogP contribution in [0.1, 0.15) is 100 Å². The van der Waals surface area contributed by atoms with Gasteiger partial charge in [0.2, 0.25) is 0 Å². The number of hydrogen-bond donors (Lipinski definition) is 1. The number of Topliss-reactive ketones (excluding diaryl/α,β-unsaturated/α-hetero) is 1. The van der Waals surface area contributed by atoms with Crippen molar-refractivity contribution < 1.29 is 19.4 Å². The summed E-state index contributed by atoms with van der Waals surface area (Å²) in [6.07, 6.45) is 10.7. The number of unbranched alkanes of at least 4 members (excludes halogenated alkanes) is 3. The highest BCUT2D eigenvalue weighted by Gasteiger charge is 2.41. The average Bonchev–Trinajstić information content (AvgIpc) is 3.03. The zero-order valence-electron chi connectivity index (χ0n) is 19.8. The molecular formula is C27H39ClO4. The second-order valence-corrected chi connectivity index (χ2v) is 9.71. The molecular weight excluding hydrogens is 424 g/mol. The fraction of sp³-hybridized carbons (Fsp3) is 0.630. The number of allylic oxidation sites excluding steroid dienone is 2. The molecule has 4 nitrogen and oxygen atoms in total. The van der Waals surface area contributed by atoms with Crippen molar-refractivity contribution in [2.24, 2.45) is 5.92 Å². The molecule has 0 unspecified atom stereocenters. The van der Waals surface area contributed by atoms with E-state index in [1.54, 1.807) is 0 Å². The van der Waals surface area contributed by atoms with Crippen LogP contribution in [0.5, 0.6) is 0 Å². The quantitative estimate of drug-likeness (QED) is 0.118. The zero-order chi connectivity index (χ0) is 23.5. The summed E-state index contributed by atoms with van der Waals surface area (Å²) in [5.41, 5.74) is 1.78. The van der Waals surface area contributed by atoms with Gasteiger partial charge in [-0.2, -0.15) is 0 Å². The summed E-state index contributed by atoms with van der Waals surface area (Å²) in [5, 5.41) is 10.6. The van der Waals surface area contributed by atoms with Crippen LogP contribution in [0.25, 0.3) is 0 Å². The predicted octanol–water partition coefficient (Wildman–Crippen LogP) is 6.59. The number of carbonyl (C=O) groups excluding carboxylic acids is 2. The van der Waals surface area contributed by atoms with Gasteiger partial charge in [0.15, 0.2) is 5.78 Å². The summed E-state index contributed by atoms with van der Waals surface area (Å²) in [6, 6.07) is 7.74. The molecule has 0 spiro atoms. The Morgan fingerprint density at radius 1 is 1.12 bits per heavy atom. The molecule has 0 amide bonds. The number of hydrogen-bond acceptors (Lipinski definition) is 4. The number of esters is 1. The molecule has 1 fully saturated rings. The lowest BCUT2D eigenvalue weighted by Crippen LogP contribution is -2.18. The number of alkyl halides is 1. The Balaban J connectivity index is 1.90. The van der Waals surface area contributed by atoms with Gasteiger partial charge >= 0.3 is 5.97 Å². The monoisotopic (exact) mass is 462 g/mol. The Hall–Kier alpha value is -1.65. The van der Waals surface area contributed by atoms with E-state index in [-0.39, 0.29) is 35.1 Å². The van der Waals surface area contributed by atoms with Gasteiger partial charge in [-0.05, 0) is 57.4 Å². The Morgan fingerprint density at radius 2 is 1.84 bits per heavy atom. The van der Waals surface area contributed by atoms with Crippen molar-refractivity contribution in [3.05, 3.63) is 47.5 Å². The van der Waals surface area contributed by atoms with Gasteiger partial charge in [0.05, 0.1) is 12.2 Å². The smallest absolute Gasteiger partial charge is 0.306 e. The second kappa shape index (κ2) is 13.8. The van der Waals surface area contributed by atoms with Gasteiger partial charge in [-0.1, -0.05) is 56.2 Å². The molecule has 0 radical (unpaired) electrons. The molecule has 1 N–H and O–H groups in total. The molecule has 5 heteroatoms. The molecule has 0 saturated heterocycles. The highest BCUT2D eigenvalue weighted by Crippen LogP contribution is 2.44. The van der Waals surface area contributed by atoms with Crippen molar-refractivity contribution in [1.29, 1.82) is 0 Å². The number of aliphatic hydroxyl groups is 1. The number of aliphatic hydroxyl groups excluding tert-OH is 1. The second-order valence-electron chi connectivity index (χ2n) is 9.15. The molecule has 32 heavy (non-hydrogen) atoms. The molecule has 1 aromatic carbocycles. The Kier molecular flexibility index (Phi) is 11.5. The minimum Gasteiger partial charge on any atom is -0.463 e. The van der Waals surface area contributed by atoms with Crippen molar-refractivity contribution >= 4 is 23.4 Å². The first-order valence-electron chi connectivity index (χ1n) is 12.1. The van der Waals surface area contributed by atoms with Crippen molar-refractivity contribution in [3.63, 3.8) is 0 Å². The van der Waals surface area contributed by atoms with Crippen molar-refractivity contribution in [2.45, 2.75) is 102 Å². The van der Waals surface area contributed by atoms with E-state index in [2.05, 4.69) is 19.1 Å². The molecule has 4 atom stereocenters. The highest BCUT2D eigenvalue weighted by molar-refractivity contribution is 6.21. The molecule has 2 rings (SSSR count). The van der Waals surface area contributed by atoms with Gasteiger partial charge in [0, 0.05) is 29.7 Å². The maximum atomic E-state index is 12.3. The lowest BCUT2D eigenvalue weighted by Gasteiger charge is -2.23. The Labute approximate surface area is 198 Å². The molecule has 0 bridgehead atoms. The van der Waals surface area contributed by atoms with Crippen molar-refractivity contribution in [3.8, 4) is 0 Å². The third-order valence-electron chi connectivity index (χ3n) is 6.13. The number of benzene rings is 1. The third-order valence-corrected chi connectivity index (χ3v) is 6.63. The van der Waals surface area contributed by atoms with E-state index in [0.717, 1.165) is 49.7 Å². The SMILES string of the molecule is CCCCCC(=O)c1ccc([C@@H]2[C@@H](C/C=C\CCCC(=O)OC(C)C)[C@H](Cl)C[C@H]2O)cc1. The predicted molar refractivity (Wildman–Crippen MR) is 130 cm³/mol. The summed E-state index contributed by atoms with van der Waals surface area (Å²) in [7, 11) is 0. The summed E-state index contributed by atoms with van der Waals surface area (Å²) in [5.74, 6) is 0.136. The van der Waals surface area contributed by atoms with Crippen LogP contribution in [0.2, 0.25) is 0 Å². The van der Waals surface area contributed by atoms with Gasteiger partial charge in [-0.25, -0.2) is 0 Å².